The Bertz CT molecular complexity index is 1090. The number of aryl methyl sites for hydroxylation is 1. The highest BCUT2D eigenvalue weighted by Crippen LogP contribution is 2.25. The summed E-state index contributed by atoms with van der Waals surface area (Å²) in [6, 6.07) is 23.7. The highest BCUT2D eigenvalue weighted by molar-refractivity contribution is 9.10. The van der Waals surface area contributed by atoms with Crippen LogP contribution in [0.1, 0.15) is 33.1 Å². The molecule has 1 aliphatic heterocycles. The zero-order valence-electron chi connectivity index (χ0n) is 16.4. The number of carbonyl (C=O) groups is 2. The number of amides is 2. The van der Waals surface area contributed by atoms with Crippen LogP contribution in [0.4, 0.5) is 0 Å². The summed E-state index contributed by atoms with van der Waals surface area (Å²) in [7, 11) is 0. The average molecular weight is 463 g/mol. The second-order valence-electron chi connectivity index (χ2n) is 7.24. The van der Waals surface area contributed by atoms with E-state index in [-0.39, 0.29) is 17.9 Å². The second kappa shape index (κ2) is 8.63. The summed E-state index contributed by atoms with van der Waals surface area (Å²) in [6.45, 7) is 1.97. The summed E-state index contributed by atoms with van der Waals surface area (Å²) in [4.78, 5) is 25.7. The Balaban J connectivity index is 1.68. The van der Waals surface area contributed by atoms with Crippen molar-refractivity contribution in [3.63, 3.8) is 0 Å². The number of carbonyl (C=O) groups excluding carboxylic acids is 2. The van der Waals surface area contributed by atoms with Gasteiger partial charge in [0.1, 0.15) is 0 Å². The molecule has 0 bridgehead atoms. The van der Waals surface area contributed by atoms with Crippen molar-refractivity contribution >= 4 is 34.0 Å². The lowest BCUT2D eigenvalue weighted by molar-refractivity contribution is -0.596. The van der Waals surface area contributed by atoms with Crippen molar-refractivity contribution in [2.75, 3.05) is 0 Å². The zero-order valence-corrected chi connectivity index (χ0v) is 18.0. The number of hydrazine groups is 1. The molecule has 0 spiro atoms. The summed E-state index contributed by atoms with van der Waals surface area (Å²) in [6.07, 6.45) is 1.88. The standard InChI is InChI=1S/C24H20BrN3O2/c1-16-7-11-19(12-8-16)23(29)26-21-22(18-5-3-2-4-6-18)28(27-24(21)30)15-17-9-13-20(25)14-10-17/h2-15,21-22H,1H3,(H-,26,27,29,30)/p+1/b28-15-/t21-,22+/m1/s1. The minimum absolute atomic E-state index is 0.252. The van der Waals surface area contributed by atoms with Crippen molar-refractivity contribution in [1.82, 2.24) is 10.7 Å². The highest BCUT2D eigenvalue weighted by atomic mass is 79.9. The van der Waals surface area contributed by atoms with E-state index in [2.05, 4.69) is 26.7 Å². The van der Waals surface area contributed by atoms with Gasteiger partial charge in [0.25, 0.3) is 5.91 Å². The number of nitrogens with one attached hydrogen (secondary N) is 2. The van der Waals surface area contributed by atoms with E-state index in [1.165, 1.54) is 0 Å². The number of hydrogen-bond donors (Lipinski definition) is 2. The van der Waals surface area contributed by atoms with E-state index >= 15 is 0 Å². The molecule has 3 aromatic carbocycles. The van der Waals surface area contributed by atoms with Crippen molar-refractivity contribution in [2.24, 2.45) is 0 Å². The maximum absolute atomic E-state index is 12.8. The molecular formula is C24H21BrN3O2+. The molecule has 2 amide bonds. The molecule has 6 heteroatoms. The third-order valence-corrected chi connectivity index (χ3v) is 5.57. The number of hydrogen-bond acceptors (Lipinski definition) is 2. The molecule has 1 aliphatic rings. The van der Waals surface area contributed by atoms with Crippen LogP contribution < -0.4 is 10.7 Å². The maximum atomic E-state index is 12.8. The Morgan fingerprint density at radius 2 is 1.67 bits per heavy atom. The fourth-order valence-corrected chi connectivity index (χ4v) is 3.73. The first-order valence-electron chi connectivity index (χ1n) is 9.63. The molecule has 1 saturated heterocycles. The lowest BCUT2D eigenvalue weighted by atomic mass is 9.99. The van der Waals surface area contributed by atoms with Gasteiger partial charge >= 0.3 is 5.91 Å². The van der Waals surface area contributed by atoms with E-state index < -0.39 is 6.04 Å². The SMILES string of the molecule is Cc1ccc(C(=O)N[C@H]2C(=O)N/[N+](=C\c3ccc(Br)cc3)[C@H]2c2ccccc2)cc1. The normalized spacial score (nSPS) is 19.5. The molecular weight excluding hydrogens is 442 g/mol. The van der Waals surface area contributed by atoms with Crippen LogP contribution in [0.5, 0.6) is 0 Å². The van der Waals surface area contributed by atoms with Gasteiger partial charge in [-0.25, -0.2) is 0 Å². The first-order valence-corrected chi connectivity index (χ1v) is 10.4. The Kier molecular flexibility index (Phi) is 5.77. The molecule has 0 saturated carbocycles. The van der Waals surface area contributed by atoms with Crippen LogP contribution in [0, 0.1) is 6.92 Å². The van der Waals surface area contributed by atoms with E-state index in [9.17, 15) is 9.59 Å². The van der Waals surface area contributed by atoms with Gasteiger partial charge in [0.15, 0.2) is 6.04 Å². The molecule has 1 fully saturated rings. The Morgan fingerprint density at radius 1 is 1.00 bits per heavy atom. The predicted molar refractivity (Wildman–Crippen MR) is 119 cm³/mol. The minimum atomic E-state index is -0.729. The van der Waals surface area contributed by atoms with Gasteiger partial charge in [-0.15, -0.1) is 10.1 Å². The summed E-state index contributed by atoms with van der Waals surface area (Å²) in [5.74, 6) is -0.528. The molecule has 5 nitrogen and oxygen atoms in total. The van der Waals surface area contributed by atoms with Crippen molar-refractivity contribution in [3.05, 3.63) is 106 Å². The fraction of sp³-hybridized carbons (Fsp3) is 0.125. The molecule has 30 heavy (non-hydrogen) atoms. The Labute approximate surface area is 183 Å². The van der Waals surface area contributed by atoms with Gasteiger partial charge in [-0.3, -0.25) is 9.59 Å². The summed E-state index contributed by atoms with van der Waals surface area (Å²) in [5, 5.41) is 2.92. The van der Waals surface area contributed by atoms with Gasteiger partial charge in [0, 0.05) is 21.2 Å². The molecule has 0 unspecified atom stereocenters. The quantitative estimate of drug-likeness (QED) is 0.579. The molecule has 0 aliphatic carbocycles. The minimum Gasteiger partial charge on any atom is -0.334 e. The summed E-state index contributed by atoms with van der Waals surface area (Å²) in [5.41, 5.74) is 6.35. The van der Waals surface area contributed by atoms with Crippen LogP contribution in [-0.4, -0.2) is 28.8 Å². The van der Waals surface area contributed by atoms with Crippen LogP contribution in [0.3, 0.4) is 0 Å². The smallest absolute Gasteiger partial charge is 0.304 e. The number of halogens is 1. The van der Waals surface area contributed by atoms with E-state index in [4.69, 9.17) is 0 Å². The van der Waals surface area contributed by atoms with E-state index in [1.54, 1.807) is 16.8 Å². The topological polar surface area (TPSA) is 61.2 Å². The lowest BCUT2D eigenvalue weighted by Gasteiger charge is -2.14. The van der Waals surface area contributed by atoms with Gasteiger partial charge in [-0.05, 0) is 43.3 Å². The molecule has 0 aromatic heterocycles. The first kappa shape index (κ1) is 20.0. The Morgan fingerprint density at radius 3 is 2.33 bits per heavy atom. The highest BCUT2D eigenvalue weighted by Gasteiger charge is 2.47. The number of rotatable bonds is 4. The summed E-state index contributed by atoms with van der Waals surface area (Å²) >= 11 is 3.43. The third-order valence-electron chi connectivity index (χ3n) is 5.04. The van der Waals surface area contributed by atoms with Crippen LogP contribution >= 0.6 is 15.9 Å². The lowest BCUT2D eigenvalue weighted by Crippen LogP contribution is -2.42. The fourth-order valence-electron chi connectivity index (χ4n) is 3.47. The van der Waals surface area contributed by atoms with Crippen LogP contribution in [0.2, 0.25) is 0 Å². The Hall–Kier alpha value is -3.25. The van der Waals surface area contributed by atoms with Gasteiger partial charge in [0.05, 0.1) is 0 Å². The predicted octanol–water partition coefficient (Wildman–Crippen LogP) is 3.77. The van der Waals surface area contributed by atoms with Gasteiger partial charge in [-0.1, -0.05) is 64.0 Å². The molecule has 0 radical (unpaired) electrons. The van der Waals surface area contributed by atoms with Gasteiger partial charge < -0.3 is 5.32 Å². The van der Waals surface area contributed by atoms with E-state index in [1.807, 2.05) is 79.9 Å². The first-order chi connectivity index (χ1) is 14.5. The van der Waals surface area contributed by atoms with Crippen LogP contribution in [0.25, 0.3) is 0 Å². The largest absolute Gasteiger partial charge is 0.334 e. The van der Waals surface area contributed by atoms with Gasteiger partial charge in [0.2, 0.25) is 12.3 Å². The van der Waals surface area contributed by atoms with Gasteiger partial charge in [-0.2, -0.15) is 0 Å². The molecule has 1 heterocycles. The summed E-state index contributed by atoms with van der Waals surface area (Å²) < 4.78 is 2.74. The van der Waals surface area contributed by atoms with Crippen molar-refractivity contribution in [1.29, 1.82) is 0 Å². The van der Waals surface area contributed by atoms with Crippen molar-refractivity contribution in [2.45, 2.75) is 19.0 Å². The number of hydrazone groups is 1. The molecule has 150 valence electrons. The van der Waals surface area contributed by atoms with Crippen LogP contribution in [0.15, 0.2) is 83.3 Å². The van der Waals surface area contributed by atoms with E-state index in [0.29, 0.717) is 5.56 Å². The average Bonchev–Trinajstić information content (AvgIpc) is 3.05. The zero-order chi connectivity index (χ0) is 21.1. The molecule has 2 atom stereocenters. The van der Waals surface area contributed by atoms with E-state index in [0.717, 1.165) is 21.2 Å². The number of benzene rings is 3. The second-order valence-corrected chi connectivity index (χ2v) is 8.15. The monoisotopic (exact) mass is 462 g/mol. The van der Waals surface area contributed by atoms with Crippen LogP contribution in [-0.2, 0) is 4.79 Å². The molecule has 3 aromatic rings. The van der Waals surface area contributed by atoms with Crippen molar-refractivity contribution in [3.8, 4) is 0 Å². The molecule has 2 N–H and O–H groups in total. The maximum Gasteiger partial charge on any atom is 0.304 e. The molecule has 4 rings (SSSR count). The third kappa shape index (κ3) is 4.33. The van der Waals surface area contributed by atoms with Crippen molar-refractivity contribution < 1.29 is 14.3 Å². The number of nitrogens with zero attached hydrogens (tertiary/aromatic N) is 1.